The molecular formula is C28H33NO5S. The van der Waals surface area contributed by atoms with E-state index in [1.165, 1.54) is 4.90 Å². The number of rotatable bonds is 14. The molecule has 1 saturated heterocycles. The summed E-state index contributed by atoms with van der Waals surface area (Å²) in [5, 5.41) is 10.9. The van der Waals surface area contributed by atoms with Crippen LogP contribution in [0.15, 0.2) is 86.0 Å². The molecule has 0 bridgehead atoms. The van der Waals surface area contributed by atoms with E-state index in [1.54, 1.807) is 12.2 Å². The van der Waals surface area contributed by atoms with Gasteiger partial charge in [-0.05, 0) is 42.6 Å². The van der Waals surface area contributed by atoms with Crippen molar-refractivity contribution >= 4 is 23.3 Å². The van der Waals surface area contributed by atoms with Crippen LogP contribution in [0.25, 0.3) is 0 Å². The molecule has 0 aromatic heterocycles. The molecule has 1 aliphatic rings. The summed E-state index contributed by atoms with van der Waals surface area (Å²) in [4.78, 5) is 15.1. The second-order valence-corrected chi connectivity index (χ2v) is 8.77. The van der Waals surface area contributed by atoms with E-state index in [9.17, 15) is 9.90 Å². The fourth-order valence-electron chi connectivity index (χ4n) is 3.95. The maximum atomic E-state index is 13.7. The SMILES string of the molecule is C=CC[C@H](COCc1ccccc1)O[C@H](C(=O)N1C(=S)OC[C@@H]1Cc1ccccc1)[C@H](O)CC=C. The van der Waals surface area contributed by atoms with Crippen molar-refractivity contribution in [3.05, 3.63) is 97.1 Å². The molecule has 7 heteroatoms. The number of nitrogens with zero attached hydrogens (tertiary/aromatic N) is 1. The van der Waals surface area contributed by atoms with E-state index in [0.717, 1.165) is 11.1 Å². The lowest BCUT2D eigenvalue weighted by Crippen LogP contribution is -2.51. The van der Waals surface area contributed by atoms with Crippen LogP contribution in [-0.4, -0.2) is 58.7 Å². The summed E-state index contributed by atoms with van der Waals surface area (Å²) in [5.41, 5.74) is 2.10. The summed E-state index contributed by atoms with van der Waals surface area (Å²) < 4.78 is 17.6. The van der Waals surface area contributed by atoms with Crippen LogP contribution in [0.2, 0.25) is 0 Å². The molecule has 1 fully saturated rings. The van der Waals surface area contributed by atoms with Crippen LogP contribution in [0.5, 0.6) is 0 Å². The Morgan fingerprint density at radius 2 is 1.71 bits per heavy atom. The maximum absolute atomic E-state index is 13.7. The standard InChI is InChI=1S/C28H33NO5S/c1-3-11-24(20-32-18-22-15-9-6-10-16-22)34-26(25(30)12-4-2)27(31)29-23(19-33-28(29)35)17-21-13-7-5-8-14-21/h3-10,13-16,23-26,30H,1-2,11-12,17-20H2/t23-,24+,25+,26-/m0/s1. The smallest absolute Gasteiger partial charge is 0.266 e. The summed E-state index contributed by atoms with van der Waals surface area (Å²) in [6.07, 6.45) is 1.75. The van der Waals surface area contributed by atoms with Gasteiger partial charge < -0.3 is 19.3 Å². The Labute approximate surface area is 212 Å². The molecule has 1 aliphatic heterocycles. The predicted octanol–water partition coefficient (Wildman–Crippen LogP) is 4.23. The first-order valence-corrected chi connectivity index (χ1v) is 12.1. The molecule has 0 aliphatic carbocycles. The number of ether oxygens (including phenoxy) is 3. The quantitative estimate of drug-likeness (QED) is 0.313. The first-order valence-electron chi connectivity index (χ1n) is 11.7. The van der Waals surface area contributed by atoms with Crippen molar-refractivity contribution in [2.75, 3.05) is 13.2 Å². The zero-order chi connectivity index (χ0) is 25.0. The van der Waals surface area contributed by atoms with E-state index < -0.39 is 24.2 Å². The first-order chi connectivity index (χ1) is 17.0. The van der Waals surface area contributed by atoms with Gasteiger partial charge in [-0.2, -0.15) is 0 Å². The van der Waals surface area contributed by atoms with Crippen LogP contribution in [0.3, 0.4) is 0 Å². The second-order valence-electron chi connectivity index (χ2n) is 8.42. The molecule has 0 saturated carbocycles. The van der Waals surface area contributed by atoms with Gasteiger partial charge in [0, 0.05) is 0 Å². The first kappa shape index (κ1) is 26.8. The Morgan fingerprint density at radius 1 is 1.09 bits per heavy atom. The van der Waals surface area contributed by atoms with Gasteiger partial charge in [-0.15, -0.1) is 13.2 Å². The number of hydrogen-bond donors (Lipinski definition) is 1. The zero-order valence-corrected chi connectivity index (χ0v) is 20.6. The number of aliphatic hydroxyl groups is 1. The molecule has 3 rings (SSSR count). The highest BCUT2D eigenvalue weighted by molar-refractivity contribution is 7.80. The average Bonchev–Trinajstić information content (AvgIpc) is 3.23. The molecule has 1 heterocycles. The van der Waals surface area contributed by atoms with Crippen molar-refractivity contribution < 1.29 is 24.1 Å². The van der Waals surface area contributed by atoms with E-state index in [4.69, 9.17) is 26.4 Å². The Morgan fingerprint density at radius 3 is 2.34 bits per heavy atom. The molecular weight excluding hydrogens is 462 g/mol. The molecule has 1 N–H and O–H groups in total. The Bertz CT molecular complexity index is 968. The van der Waals surface area contributed by atoms with E-state index in [1.807, 2.05) is 60.7 Å². The lowest BCUT2D eigenvalue weighted by Gasteiger charge is -2.31. The lowest BCUT2D eigenvalue weighted by atomic mass is 10.0. The van der Waals surface area contributed by atoms with Gasteiger partial charge in [0.15, 0.2) is 6.10 Å². The van der Waals surface area contributed by atoms with Crippen LogP contribution >= 0.6 is 12.2 Å². The monoisotopic (exact) mass is 495 g/mol. The van der Waals surface area contributed by atoms with Gasteiger partial charge in [0.1, 0.15) is 6.61 Å². The number of amides is 1. The van der Waals surface area contributed by atoms with Gasteiger partial charge in [0.25, 0.3) is 11.1 Å². The molecule has 186 valence electrons. The van der Waals surface area contributed by atoms with Crippen molar-refractivity contribution in [2.24, 2.45) is 0 Å². The second kappa shape index (κ2) is 13.9. The van der Waals surface area contributed by atoms with Gasteiger partial charge in [0.05, 0.1) is 31.5 Å². The molecule has 2 aromatic rings. The zero-order valence-electron chi connectivity index (χ0n) is 19.8. The number of carbonyl (C=O) groups excluding carboxylic acids is 1. The van der Waals surface area contributed by atoms with Gasteiger partial charge >= 0.3 is 0 Å². The summed E-state index contributed by atoms with van der Waals surface area (Å²) >= 11 is 5.35. The third-order valence-corrected chi connectivity index (χ3v) is 6.01. The molecule has 2 aromatic carbocycles. The van der Waals surface area contributed by atoms with Crippen LogP contribution in [0.1, 0.15) is 24.0 Å². The molecule has 0 spiro atoms. The Balaban J connectivity index is 1.72. The Kier molecular flexibility index (Phi) is 10.6. The molecule has 1 amide bonds. The van der Waals surface area contributed by atoms with Crippen molar-refractivity contribution in [3.63, 3.8) is 0 Å². The fourth-order valence-corrected chi connectivity index (χ4v) is 4.26. The van der Waals surface area contributed by atoms with Crippen molar-refractivity contribution in [2.45, 2.75) is 50.2 Å². The highest BCUT2D eigenvalue weighted by atomic mass is 32.1. The minimum absolute atomic E-state index is 0.0935. The number of carbonyl (C=O) groups is 1. The molecule has 6 nitrogen and oxygen atoms in total. The topological polar surface area (TPSA) is 68.2 Å². The van der Waals surface area contributed by atoms with Crippen molar-refractivity contribution in [3.8, 4) is 0 Å². The largest absolute Gasteiger partial charge is 0.468 e. The van der Waals surface area contributed by atoms with E-state index in [2.05, 4.69) is 13.2 Å². The minimum Gasteiger partial charge on any atom is -0.468 e. The summed E-state index contributed by atoms with van der Waals surface area (Å²) in [5.74, 6) is -0.431. The van der Waals surface area contributed by atoms with Crippen molar-refractivity contribution in [1.82, 2.24) is 4.90 Å². The summed E-state index contributed by atoms with van der Waals surface area (Å²) in [7, 11) is 0. The van der Waals surface area contributed by atoms with Crippen LogP contribution in [-0.2, 0) is 32.0 Å². The summed E-state index contributed by atoms with van der Waals surface area (Å²) in [6.45, 7) is 8.43. The minimum atomic E-state index is -1.16. The average molecular weight is 496 g/mol. The third-order valence-electron chi connectivity index (χ3n) is 5.70. The highest BCUT2D eigenvalue weighted by Gasteiger charge is 2.42. The number of thiocarbonyl (C=S) groups is 1. The van der Waals surface area contributed by atoms with Crippen molar-refractivity contribution in [1.29, 1.82) is 0 Å². The Hall–Kier alpha value is -2.84. The lowest BCUT2D eigenvalue weighted by molar-refractivity contribution is -0.158. The predicted molar refractivity (Wildman–Crippen MR) is 140 cm³/mol. The van der Waals surface area contributed by atoms with E-state index in [0.29, 0.717) is 26.1 Å². The number of benzene rings is 2. The van der Waals surface area contributed by atoms with Gasteiger partial charge in [-0.25, -0.2) is 0 Å². The highest BCUT2D eigenvalue weighted by Crippen LogP contribution is 2.22. The van der Waals surface area contributed by atoms with Gasteiger partial charge in [-0.1, -0.05) is 72.8 Å². The normalized spacial score (nSPS) is 17.9. The van der Waals surface area contributed by atoms with Gasteiger partial charge in [-0.3, -0.25) is 9.69 Å². The fraction of sp³-hybridized carbons (Fsp3) is 0.357. The molecule has 35 heavy (non-hydrogen) atoms. The number of hydrogen-bond acceptors (Lipinski definition) is 6. The van der Waals surface area contributed by atoms with Crippen LogP contribution in [0.4, 0.5) is 0 Å². The molecule has 0 radical (unpaired) electrons. The van der Waals surface area contributed by atoms with E-state index in [-0.39, 0.29) is 24.2 Å². The molecule has 4 atom stereocenters. The third kappa shape index (κ3) is 7.83. The van der Waals surface area contributed by atoms with Gasteiger partial charge in [0.2, 0.25) is 0 Å². The molecule has 0 unspecified atom stereocenters. The summed E-state index contributed by atoms with van der Waals surface area (Å²) in [6, 6.07) is 19.3. The number of aliphatic hydroxyl groups excluding tert-OH is 1. The van der Waals surface area contributed by atoms with E-state index >= 15 is 0 Å². The maximum Gasteiger partial charge on any atom is 0.266 e. The van der Waals surface area contributed by atoms with Crippen LogP contribution < -0.4 is 0 Å². The van der Waals surface area contributed by atoms with Crippen LogP contribution in [0, 0.1) is 0 Å².